The van der Waals surface area contributed by atoms with E-state index in [9.17, 15) is 4.79 Å². The second-order valence-electron chi connectivity index (χ2n) is 6.97. The summed E-state index contributed by atoms with van der Waals surface area (Å²) in [5.41, 5.74) is 0.460. The van der Waals surface area contributed by atoms with Crippen LogP contribution in [0.3, 0.4) is 0 Å². The van der Waals surface area contributed by atoms with Gasteiger partial charge in [-0.05, 0) is 69.6 Å². The zero-order valence-corrected chi connectivity index (χ0v) is 18.1. The Morgan fingerprint density at radius 3 is 2.56 bits per heavy atom. The van der Waals surface area contributed by atoms with Crippen LogP contribution in [0.5, 0.6) is 0 Å². The topological polar surface area (TPSA) is 53.6 Å². The van der Waals surface area contributed by atoms with Crippen LogP contribution in [0.2, 0.25) is 5.02 Å². The van der Waals surface area contributed by atoms with E-state index in [1.54, 1.807) is 7.11 Å². The van der Waals surface area contributed by atoms with Crippen molar-refractivity contribution >= 4 is 42.3 Å². The number of nitrogens with zero attached hydrogens (tertiary/aromatic N) is 1. The van der Waals surface area contributed by atoms with Crippen LogP contribution in [-0.4, -0.2) is 56.2 Å². The van der Waals surface area contributed by atoms with Crippen molar-refractivity contribution in [2.24, 2.45) is 0 Å². The van der Waals surface area contributed by atoms with Crippen molar-refractivity contribution in [2.45, 2.75) is 37.3 Å². The molecule has 0 bridgehead atoms. The Balaban J connectivity index is 0.00000182. The number of amides is 1. The van der Waals surface area contributed by atoms with Crippen LogP contribution in [0, 0.1) is 0 Å². The van der Waals surface area contributed by atoms with Gasteiger partial charge in [0.1, 0.15) is 5.60 Å². The summed E-state index contributed by atoms with van der Waals surface area (Å²) < 4.78 is 5.64. The van der Waals surface area contributed by atoms with Crippen molar-refractivity contribution in [1.29, 1.82) is 0 Å². The second-order valence-corrected chi connectivity index (χ2v) is 7.41. The van der Waals surface area contributed by atoms with E-state index in [4.69, 9.17) is 16.3 Å². The number of carbonyl (C=O) groups is 1. The minimum Gasteiger partial charge on any atom is -0.368 e. The first-order valence-electron chi connectivity index (χ1n) is 9.18. The Labute approximate surface area is 179 Å². The molecule has 1 unspecified atom stereocenters. The van der Waals surface area contributed by atoms with E-state index < -0.39 is 5.60 Å². The van der Waals surface area contributed by atoms with Gasteiger partial charge in [0.2, 0.25) is 0 Å². The third-order valence-electron chi connectivity index (χ3n) is 5.49. The first-order chi connectivity index (χ1) is 12.1. The number of nitrogens with one attached hydrogen (secondary N) is 2. The summed E-state index contributed by atoms with van der Waals surface area (Å²) in [6, 6.07) is 8.12. The minimum atomic E-state index is -0.699. The molecule has 5 nitrogen and oxygen atoms in total. The van der Waals surface area contributed by atoms with Gasteiger partial charge >= 0.3 is 0 Å². The predicted octanol–water partition coefficient (Wildman–Crippen LogP) is 3.21. The van der Waals surface area contributed by atoms with Crippen molar-refractivity contribution in [2.75, 3.05) is 39.8 Å². The lowest BCUT2D eigenvalue weighted by atomic mass is 9.91. The van der Waals surface area contributed by atoms with Gasteiger partial charge in [-0.3, -0.25) is 9.69 Å². The maximum absolute atomic E-state index is 12.9. The van der Waals surface area contributed by atoms with Crippen molar-refractivity contribution in [3.05, 3.63) is 34.9 Å². The lowest BCUT2D eigenvalue weighted by molar-refractivity contribution is -0.146. The molecule has 2 aliphatic rings. The summed E-state index contributed by atoms with van der Waals surface area (Å²) in [4.78, 5) is 15.3. The van der Waals surface area contributed by atoms with E-state index in [0.717, 1.165) is 36.8 Å². The van der Waals surface area contributed by atoms with Crippen LogP contribution in [0.4, 0.5) is 0 Å². The molecule has 2 fully saturated rings. The predicted molar refractivity (Wildman–Crippen MR) is 114 cm³/mol. The number of carbonyl (C=O) groups excluding carboxylic acids is 1. The van der Waals surface area contributed by atoms with Crippen LogP contribution in [0.25, 0.3) is 0 Å². The molecule has 1 amide bonds. The van der Waals surface area contributed by atoms with E-state index in [1.807, 2.05) is 18.2 Å². The fourth-order valence-electron chi connectivity index (χ4n) is 3.93. The molecule has 2 saturated heterocycles. The van der Waals surface area contributed by atoms with Crippen molar-refractivity contribution in [3.8, 4) is 0 Å². The standard InChI is InChI=1S/C19H28ClN3O2.2ClH/c1-25-19(7-9-21-10-8-19)18(24)22-14-17(23-11-2-3-12-23)15-5-4-6-16(20)13-15;;/h4-6,13,17,21H,2-3,7-12,14H2,1H3,(H,22,24);2*1H. The van der Waals surface area contributed by atoms with Crippen LogP contribution in [-0.2, 0) is 9.53 Å². The van der Waals surface area contributed by atoms with Gasteiger partial charge in [0.05, 0.1) is 6.04 Å². The highest BCUT2D eigenvalue weighted by Gasteiger charge is 2.40. The van der Waals surface area contributed by atoms with Gasteiger partial charge in [-0.25, -0.2) is 0 Å². The van der Waals surface area contributed by atoms with Crippen molar-refractivity contribution < 1.29 is 9.53 Å². The van der Waals surface area contributed by atoms with Crippen LogP contribution in [0.15, 0.2) is 24.3 Å². The maximum atomic E-state index is 12.9. The molecule has 2 aliphatic heterocycles. The summed E-state index contributed by atoms with van der Waals surface area (Å²) in [7, 11) is 1.64. The summed E-state index contributed by atoms with van der Waals surface area (Å²) >= 11 is 6.19. The molecule has 1 aromatic carbocycles. The minimum absolute atomic E-state index is 0. The molecule has 154 valence electrons. The molecule has 3 rings (SSSR count). The first kappa shape index (κ1) is 24.5. The monoisotopic (exact) mass is 437 g/mol. The Bertz CT molecular complexity index is 591. The largest absolute Gasteiger partial charge is 0.368 e. The summed E-state index contributed by atoms with van der Waals surface area (Å²) in [5.74, 6) is 0.00252. The summed E-state index contributed by atoms with van der Waals surface area (Å²) in [5, 5.41) is 7.19. The zero-order valence-electron chi connectivity index (χ0n) is 15.7. The van der Waals surface area contributed by atoms with E-state index >= 15 is 0 Å². The molecule has 8 heteroatoms. The first-order valence-corrected chi connectivity index (χ1v) is 9.56. The Kier molecular flexibility index (Phi) is 10.4. The van der Waals surface area contributed by atoms with Gasteiger partial charge in [-0.15, -0.1) is 24.8 Å². The number of piperidine rings is 1. The number of benzene rings is 1. The number of ether oxygens (including phenoxy) is 1. The van der Waals surface area contributed by atoms with Gasteiger partial charge in [0.25, 0.3) is 5.91 Å². The quantitative estimate of drug-likeness (QED) is 0.716. The molecule has 0 saturated carbocycles. The zero-order chi connectivity index (χ0) is 17.7. The molecule has 0 spiro atoms. The molecular weight excluding hydrogens is 409 g/mol. The molecule has 1 aromatic rings. The van der Waals surface area contributed by atoms with E-state index in [0.29, 0.717) is 19.4 Å². The molecule has 27 heavy (non-hydrogen) atoms. The number of hydrogen-bond donors (Lipinski definition) is 2. The van der Waals surface area contributed by atoms with E-state index in [1.165, 1.54) is 12.8 Å². The molecule has 2 heterocycles. The number of methoxy groups -OCH3 is 1. The van der Waals surface area contributed by atoms with Crippen molar-refractivity contribution in [3.63, 3.8) is 0 Å². The molecule has 2 N–H and O–H groups in total. The highest BCUT2D eigenvalue weighted by atomic mass is 35.5. The second kappa shape index (κ2) is 11.4. The third-order valence-corrected chi connectivity index (χ3v) is 5.72. The number of rotatable bonds is 6. The van der Waals surface area contributed by atoms with Gasteiger partial charge < -0.3 is 15.4 Å². The number of halogens is 3. The average Bonchev–Trinajstić information content (AvgIpc) is 3.17. The lowest BCUT2D eigenvalue weighted by Gasteiger charge is -2.36. The number of hydrogen-bond acceptors (Lipinski definition) is 4. The van der Waals surface area contributed by atoms with E-state index in [-0.39, 0.29) is 36.8 Å². The Hall–Kier alpha value is -0.560. The smallest absolute Gasteiger partial charge is 0.252 e. The summed E-state index contributed by atoms with van der Waals surface area (Å²) in [6.45, 7) is 4.33. The molecule has 0 aliphatic carbocycles. The van der Waals surface area contributed by atoms with Crippen LogP contribution < -0.4 is 10.6 Å². The lowest BCUT2D eigenvalue weighted by Crippen LogP contribution is -2.55. The van der Waals surface area contributed by atoms with Crippen LogP contribution in [0.1, 0.15) is 37.3 Å². The normalized spacial score (nSPS) is 20.2. The molecular formula is C19H30Cl3N3O2. The molecule has 0 aromatic heterocycles. The van der Waals surface area contributed by atoms with Crippen molar-refractivity contribution in [1.82, 2.24) is 15.5 Å². The summed E-state index contributed by atoms with van der Waals surface area (Å²) in [6.07, 6.45) is 3.83. The van der Waals surface area contributed by atoms with Gasteiger partial charge in [-0.1, -0.05) is 23.7 Å². The average molecular weight is 439 g/mol. The SMILES string of the molecule is COC1(C(=O)NCC(c2cccc(Cl)c2)N2CCCC2)CCNCC1.Cl.Cl. The van der Waals surface area contributed by atoms with Gasteiger partial charge in [0.15, 0.2) is 0 Å². The Morgan fingerprint density at radius 2 is 1.96 bits per heavy atom. The van der Waals surface area contributed by atoms with E-state index in [2.05, 4.69) is 21.6 Å². The Morgan fingerprint density at radius 1 is 1.30 bits per heavy atom. The number of likely N-dealkylation sites (tertiary alicyclic amines) is 1. The highest BCUT2D eigenvalue weighted by molar-refractivity contribution is 6.30. The van der Waals surface area contributed by atoms with Crippen LogP contribution >= 0.6 is 36.4 Å². The van der Waals surface area contributed by atoms with Gasteiger partial charge in [-0.2, -0.15) is 0 Å². The van der Waals surface area contributed by atoms with Gasteiger partial charge in [0, 0.05) is 18.7 Å². The molecule has 1 atom stereocenters. The fourth-order valence-corrected chi connectivity index (χ4v) is 4.13. The maximum Gasteiger partial charge on any atom is 0.252 e. The highest BCUT2D eigenvalue weighted by Crippen LogP contribution is 2.27. The fraction of sp³-hybridized carbons (Fsp3) is 0.632. The molecule has 0 radical (unpaired) electrons. The third kappa shape index (κ3) is 5.96.